The molecule has 3 heteroatoms. The molecule has 0 spiro atoms. The Hall–Kier alpha value is -1.90. The molecule has 2 rings (SSSR count). The van der Waals surface area contributed by atoms with Gasteiger partial charge in [0.2, 0.25) is 0 Å². The summed E-state index contributed by atoms with van der Waals surface area (Å²) < 4.78 is 0. The highest BCUT2D eigenvalue weighted by Crippen LogP contribution is 2.34. The second-order valence-electron chi connectivity index (χ2n) is 4.24. The van der Waals surface area contributed by atoms with Crippen molar-refractivity contribution < 1.29 is 5.11 Å². The fraction of sp³-hybridized carbons (Fsp3) is 0.231. The third kappa shape index (κ3) is 1.76. The van der Waals surface area contributed by atoms with Crippen molar-refractivity contribution in [2.45, 2.75) is 19.3 Å². The summed E-state index contributed by atoms with van der Waals surface area (Å²) >= 11 is 0. The first-order chi connectivity index (χ1) is 7.62. The number of aromatic hydroxyl groups is 1. The average molecular weight is 214 g/mol. The van der Waals surface area contributed by atoms with Gasteiger partial charge in [0.1, 0.15) is 12.1 Å². The van der Waals surface area contributed by atoms with Crippen molar-refractivity contribution in [2.24, 2.45) is 0 Å². The topological polar surface area (TPSA) is 46.0 Å². The van der Waals surface area contributed by atoms with Crippen LogP contribution in [0.3, 0.4) is 0 Å². The lowest BCUT2D eigenvalue weighted by Gasteiger charge is -2.25. The van der Waals surface area contributed by atoms with E-state index in [0.29, 0.717) is 5.75 Å². The Morgan fingerprint density at radius 1 is 1.12 bits per heavy atom. The average Bonchev–Trinajstić information content (AvgIpc) is 2.30. The maximum atomic E-state index is 9.86. The van der Waals surface area contributed by atoms with Crippen LogP contribution in [-0.2, 0) is 5.41 Å². The lowest BCUT2D eigenvalue weighted by atomic mass is 9.81. The molecule has 3 nitrogen and oxygen atoms in total. The van der Waals surface area contributed by atoms with Crippen LogP contribution >= 0.6 is 0 Å². The molecule has 0 aliphatic rings. The van der Waals surface area contributed by atoms with Gasteiger partial charge in [0.05, 0.1) is 5.69 Å². The van der Waals surface area contributed by atoms with Crippen LogP contribution in [0.25, 0.3) is 0 Å². The summed E-state index contributed by atoms with van der Waals surface area (Å²) in [7, 11) is 0. The highest BCUT2D eigenvalue weighted by atomic mass is 16.3. The molecule has 0 saturated heterocycles. The van der Waals surface area contributed by atoms with Gasteiger partial charge in [-0.3, -0.25) is 0 Å². The first-order valence-electron chi connectivity index (χ1n) is 5.17. The minimum Gasteiger partial charge on any atom is -0.508 e. The summed E-state index contributed by atoms with van der Waals surface area (Å²) in [5.74, 6) is 0.297. The van der Waals surface area contributed by atoms with Crippen molar-refractivity contribution in [2.75, 3.05) is 0 Å². The van der Waals surface area contributed by atoms with E-state index in [-0.39, 0.29) is 5.41 Å². The number of hydrogen-bond donors (Lipinski definition) is 1. The van der Waals surface area contributed by atoms with Crippen molar-refractivity contribution in [3.05, 3.63) is 54.1 Å². The van der Waals surface area contributed by atoms with Crippen LogP contribution in [0, 0.1) is 0 Å². The first-order valence-corrected chi connectivity index (χ1v) is 5.17. The molecule has 1 aromatic carbocycles. The van der Waals surface area contributed by atoms with E-state index in [1.54, 1.807) is 12.3 Å². The monoisotopic (exact) mass is 214 g/mol. The van der Waals surface area contributed by atoms with Gasteiger partial charge in [-0.2, -0.15) is 0 Å². The van der Waals surface area contributed by atoms with Crippen LogP contribution in [0.5, 0.6) is 5.75 Å². The number of rotatable bonds is 2. The Balaban J connectivity index is 2.51. The Morgan fingerprint density at radius 3 is 2.50 bits per heavy atom. The summed E-state index contributed by atoms with van der Waals surface area (Å²) in [6, 6.07) is 9.20. The van der Waals surface area contributed by atoms with Crippen LogP contribution in [0.1, 0.15) is 25.1 Å². The summed E-state index contributed by atoms with van der Waals surface area (Å²) in [5.41, 5.74) is 1.44. The molecule has 0 bridgehead atoms. The highest BCUT2D eigenvalue weighted by molar-refractivity contribution is 5.42. The summed E-state index contributed by atoms with van der Waals surface area (Å²) in [6.45, 7) is 4.06. The van der Waals surface area contributed by atoms with Crippen molar-refractivity contribution in [1.29, 1.82) is 0 Å². The second-order valence-corrected chi connectivity index (χ2v) is 4.24. The molecule has 0 radical (unpaired) electrons. The van der Waals surface area contributed by atoms with Gasteiger partial charge in [-0.25, -0.2) is 9.97 Å². The van der Waals surface area contributed by atoms with Gasteiger partial charge >= 0.3 is 0 Å². The Kier molecular flexibility index (Phi) is 2.60. The molecule has 1 aromatic heterocycles. The Bertz CT molecular complexity index is 480. The minimum atomic E-state index is -0.325. The smallest absolute Gasteiger partial charge is 0.119 e. The molecule has 1 N–H and O–H groups in total. The van der Waals surface area contributed by atoms with Crippen LogP contribution in [0.4, 0.5) is 0 Å². The van der Waals surface area contributed by atoms with Gasteiger partial charge in [0, 0.05) is 17.2 Å². The van der Waals surface area contributed by atoms with Gasteiger partial charge in [-0.15, -0.1) is 0 Å². The number of hydrogen-bond acceptors (Lipinski definition) is 3. The lowest BCUT2D eigenvalue weighted by Crippen LogP contribution is -2.20. The Labute approximate surface area is 94.8 Å². The zero-order valence-corrected chi connectivity index (χ0v) is 9.38. The van der Waals surface area contributed by atoms with Crippen LogP contribution in [0.15, 0.2) is 42.9 Å². The van der Waals surface area contributed by atoms with E-state index in [9.17, 15) is 5.11 Å². The number of aromatic nitrogens is 2. The van der Waals surface area contributed by atoms with Crippen LogP contribution in [-0.4, -0.2) is 15.1 Å². The molecule has 0 aliphatic carbocycles. The molecule has 0 aliphatic heterocycles. The lowest BCUT2D eigenvalue weighted by molar-refractivity contribution is 0.451. The fourth-order valence-electron chi connectivity index (χ4n) is 1.80. The van der Waals surface area contributed by atoms with Crippen LogP contribution < -0.4 is 0 Å². The molecule has 0 amide bonds. The van der Waals surface area contributed by atoms with Crippen molar-refractivity contribution >= 4 is 0 Å². The third-order valence-electron chi connectivity index (χ3n) is 2.80. The predicted octanol–water partition coefficient (Wildman–Crippen LogP) is 2.51. The van der Waals surface area contributed by atoms with Crippen molar-refractivity contribution in [1.82, 2.24) is 9.97 Å². The SMILES string of the molecule is CC(C)(c1ccncn1)c1ccccc1O. The summed E-state index contributed by atoms with van der Waals surface area (Å²) in [4.78, 5) is 8.15. The van der Waals surface area contributed by atoms with E-state index < -0.39 is 0 Å². The van der Waals surface area contributed by atoms with Gasteiger partial charge < -0.3 is 5.11 Å². The van der Waals surface area contributed by atoms with Gasteiger partial charge in [0.25, 0.3) is 0 Å². The number of benzene rings is 1. The second kappa shape index (κ2) is 3.93. The third-order valence-corrected chi connectivity index (χ3v) is 2.80. The molecule has 0 atom stereocenters. The summed E-state index contributed by atoms with van der Waals surface area (Å²) in [5, 5.41) is 9.86. The first kappa shape index (κ1) is 10.6. The van der Waals surface area contributed by atoms with Crippen molar-refractivity contribution in [3.63, 3.8) is 0 Å². The largest absolute Gasteiger partial charge is 0.508 e. The molecular formula is C13H14N2O. The van der Waals surface area contributed by atoms with Gasteiger partial charge in [-0.05, 0) is 12.1 Å². The predicted molar refractivity (Wildman–Crippen MR) is 62.3 cm³/mol. The molecule has 1 heterocycles. The quantitative estimate of drug-likeness (QED) is 0.835. The maximum absolute atomic E-state index is 9.86. The van der Waals surface area contributed by atoms with E-state index in [1.165, 1.54) is 6.33 Å². The number of phenols is 1. The molecule has 0 saturated carbocycles. The molecular weight excluding hydrogens is 200 g/mol. The van der Waals surface area contributed by atoms with E-state index in [1.807, 2.05) is 38.1 Å². The fourth-order valence-corrected chi connectivity index (χ4v) is 1.80. The van der Waals surface area contributed by atoms with Crippen LogP contribution in [0.2, 0.25) is 0 Å². The number of nitrogens with zero attached hydrogens (tertiary/aromatic N) is 2. The van der Waals surface area contributed by atoms with Gasteiger partial charge in [-0.1, -0.05) is 32.0 Å². The summed E-state index contributed by atoms with van der Waals surface area (Å²) in [6.07, 6.45) is 3.24. The van der Waals surface area contributed by atoms with E-state index in [0.717, 1.165) is 11.3 Å². The van der Waals surface area contributed by atoms with E-state index in [4.69, 9.17) is 0 Å². The standard InChI is InChI=1S/C13H14N2O/c1-13(2,12-7-8-14-9-15-12)10-5-3-4-6-11(10)16/h3-9,16H,1-2H3. The normalized spacial score (nSPS) is 11.4. The Morgan fingerprint density at radius 2 is 1.88 bits per heavy atom. The maximum Gasteiger partial charge on any atom is 0.119 e. The molecule has 82 valence electrons. The van der Waals surface area contributed by atoms with E-state index >= 15 is 0 Å². The molecule has 0 fully saturated rings. The van der Waals surface area contributed by atoms with Gasteiger partial charge in [0.15, 0.2) is 0 Å². The minimum absolute atomic E-state index is 0.297. The zero-order valence-electron chi connectivity index (χ0n) is 9.38. The zero-order chi connectivity index (χ0) is 11.6. The van der Waals surface area contributed by atoms with Crippen molar-refractivity contribution in [3.8, 4) is 5.75 Å². The number of para-hydroxylation sites is 1. The molecule has 2 aromatic rings. The molecule has 0 unspecified atom stereocenters. The van der Waals surface area contributed by atoms with E-state index in [2.05, 4.69) is 9.97 Å². The molecule has 16 heavy (non-hydrogen) atoms. The number of phenolic OH excluding ortho intramolecular Hbond substituents is 1. The highest BCUT2D eigenvalue weighted by Gasteiger charge is 2.26.